The van der Waals surface area contributed by atoms with E-state index in [-0.39, 0.29) is 12.0 Å². The molecule has 100 valence electrons. The van der Waals surface area contributed by atoms with Crippen LogP contribution in [0.3, 0.4) is 0 Å². The van der Waals surface area contributed by atoms with Crippen LogP contribution in [0, 0.1) is 0 Å². The second kappa shape index (κ2) is 7.71. The summed E-state index contributed by atoms with van der Waals surface area (Å²) in [7, 11) is 1.76. The molecular weight excluding hydrogens is 230 g/mol. The molecule has 0 unspecified atom stereocenters. The first-order valence-corrected chi connectivity index (χ1v) is 6.26. The molecule has 1 aromatic rings. The van der Waals surface area contributed by atoms with Gasteiger partial charge >= 0.3 is 5.97 Å². The van der Waals surface area contributed by atoms with E-state index in [1.807, 2.05) is 38.1 Å². The zero-order valence-corrected chi connectivity index (χ0v) is 11.2. The minimum Gasteiger partial charge on any atom is -0.494 e. The first-order valence-electron chi connectivity index (χ1n) is 6.26. The molecule has 0 saturated heterocycles. The van der Waals surface area contributed by atoms with E-state index < -0.39 is 0 Å². The van der Waals surface area contributed by atoms with E-state index in [2.05, 4.69) is 5.32 Å². The zero-order valence-electron chi connectivity index (χ0n) is 11.2. The lowest BCUT2D eigenvalue weighted by Gasteiger charge is -2.14. The van der Waals surface area contributed by atoms with Gasteiger partial charge < -0.3 is 14.8 Å². The van der Waals surface area contributed by atoms with Gasteiger partial charge in [-0.2, -0.15) is 0 Å². The second-order valence-electron chi connectivity index (χ2n) is 3.87. The molecule has 0 aliphatic heterocycles. The Labute approximate surface area is 108 Å². The lowest BCUT2D eigenvalue weighted by molar-refractivity contribution is -0.145. The SMILES string of the molecule is CCOC(=O)[C@H](Cc1ccc(OCC)cc1)NC. The average molecular weight is 251 g/mol. The predicted octanol–water partition coefficient (Wildman–Crippen LogP) is 1.78. The highest BCUT2D eigenvalue weighted by Gasteiger charge is 2.17. The maximum Gasteiger partial charge on any atom is 0.323 e. The maximum atomic E-state index is 11.6. The van der Waals surface area contributed by atoms with E-state index in [9.17, 15) is 4.79 Å². The van der Waals surface area contributed by atoms with Crippen LogP contribution in [0.5, 0.6) is 5.75 Å². The van der Waals surface area contributed by atoms with Gasteiger partial charge in [-0.15, -0.1) is 0 Å². The fourth-order valence-electron chi connectivity index (χ4n) is 1.67. The van der Waals surface area contributed by atoms with Crippen molar-refractivity contribution < 1.29 is 14.3 Å². The van der Waals surface area contributed by atoms with Crippen molar-refractivity contribution in [2.24, 2.45) is 0 Å². The number of ether oxygens (including phenoxy) is 2. The Morgan fingerprint density at radius 2 is 1.89 bits per heavy atom. The van der Waals surface area contributed by atoms with Crippen molar-refractivity contribution >= 4 is 5.97 Å². The van der Waals surface area contributed by atoms with Crippen molar-refractivity contribution in [3.63, 3.8) is 0 Å². The molecule has 1 aromatic carbocycles. The molecular formula is C14H21NO3. The molecule has 4 nitrogen and oxygen atoms in total. The highest BCUT2D eigenvalue weighted by molar-refractivity contribution is 5.76. The standard InChI is InChI=1S/C14H21NO3/c1-4-17-12-8-6-11(7-9-12)10-13(15-3)14(16)18-5-2/h6-9,13,15H,4-5,10H2,1-3H3/t13-/m0/s1. The van der Waals surface area contributed by atoms with Crippen LogP contribution >= 0.6 is 0 Å². The van der Waals surface area contributed by atoms with Crippen molar-refractivity contribution in [3.05, 3.63) is 29.8 Å². The van der Waals surface area contributed by atoms with Gasteiger partial charge in [-0.25, -0.2) is 0 Å². The van der Waals surface area contributed by atoms with Gasteiger partial charge in [0.2, 0.25) is 0 Å². The molecule has 0 spiro atoms. The number of carbonyl (C=O) groups excluding carboxylic acids is 1. The molecule has 4 heteroatoms. The monoisotopic (exact) mass is 251 g/mol. The Kier molecular flexibility index (Phi) is 6.22. The van der Waals surface area contributed by atoms with E-state index in [0.29, 0.717) is 19.6 Å². The summed E-state index contributed by atoms with van der Waals surface area (Å²) in [6, 6.07) is 7.46. The quantitative estimate of drug-likeness (QED) is 0.750. The van der Waals surface area contributed by atoms with Crippen molar-refractivity contribution in [1.82, 2.24) is 5.32 Å². The summed E-state index contributed by atoms with van der Waals surface area (Å²) < 4.78 is 10.4. The molecule has 0 heterocycles. The van der Waals surface area contributed by atoms with Crippen molar-refractivity contribution in [2.75, 3.05) is 20.3 Å². The number of benzene rings is 1. The summed E-state index contributed by atoms with van der Waals surface area (Å²) in [5.74, 6) is 0.632. The first kappa shape index (κ1) is 14.5. The number of hydrogen-bond acceptors (Lipinski definition) is 4. The van der Waals surface area contributed by atoms with Gasteiger partial charge in [0.1, 0.15) is 11.8 Å². The lowest BCUT2D eigenvalue weighted by atomic mass is 10.1. The van der Waals surface area contributed by atoms with Crippen LogP contribution < -0.4 is 10.1 Å². The van der Waals surface area contributed by atoms with Gasteiger partial charge in [0, 0.05) is 0 Å². The molecule has 0 radical (unpaired) electrons. The van der Waals surface area contributed by atoms with E-state index in [0.717, 1.165) is 11.3 Å². The Morgan fingerprint density at radius 3 is 2.39 bits per heavy atom. The third-order valence-corrected chi connectivity index (χ3v) is 2.59. The van der Waals surface area contributed by atoms with E-state index in [4.69, 9.17) is 9.47 Å². The minimum absolute atomic E-state index is 0.214. The Morgan fingerprint density at radius 1 is 1.22 bits per heavy atom. The van der Waals surface area contributed by atoms with Gasteiger partial charge in [0.25, 0.3) is 0 Å². The van der Waals surface area contributed by atoms with Crippen LogP contribution in [0.4, 0.5) is 0 Å². The molecule has 0 fully saturated rings. The highest BCUT2D eigenvalue weighted by Crippen LogP contribution is 2.13. The second-order valence-corrected chi connectivity index (χ2v) is 3.87. The lowest BCUT2D eigenvalue weighted by Crippen LogP contribution is -2.37. The Bertz CT molecular complexity index is 362. The van der Waals surface area contributed by atoms with E-state index >= 15 is 0 Å². The first-order chi connectivity index (χ1) is 8.71. The van der Waals surface area contributed by atoms with Crippen LogP contribution in [0.2, 0.25) is 0 Å². The fourth-order valence-corrected chi connectivity index (χ4v) is 1.67. The van der Waals surface area contributed by atoms with Crippen molar-refractivity contribution in [1.29, 1.82) is 0 Å². The molecule has 0 aliphatic rings. The zero-order chi connectivity index (χ0) is 13.4. The molecule has 0 saturated carbocycles. The molecule has 1 N–H and O–H groups in total. The molecule has 0 bridgehead atoms. The Hall–Kier alpha value is -1.55. The number of carbonyl (C=O) groups is 1. The van der Waals surface area contributed by atoms with E-state index in [1.165, 1.54) is 0 Å². The predicted molar refractivity (Wildman–Crippen MR) is 70.8 cm³/mol. The summed E-state index contributed by atoms with van der Waals surface area (Å²) in [6.45, 7) is 4.81. The molecule has 0 aliphatic carbocycles. The third kappa shape index (κ3) is 4.37. The maximum absolute atomic E-state index is 11.6. The van der Waals surface area contributed by atoms with Crippen LogP contribution in [-0.4, -0.2) is 32.3 Å². The van der Waals surface area contributed by atoms with Gasteiger partial charge in [0.05, 0.1) is 13.2 Å². The normalized spacial score (nSPS) is 11.9. The van der Waals surface area contributed by atoms with Crippen LogP contribution in [-0.2, 0) is 16.0 Å². The van der Waals surface area contributed by atoms with Gasteiger partial charge in [-0.3, -0.25) is 4.79 Å². The number of hydrogen-bond donors (Lipinski definition) is 1. The minimum atomic E-state index is -0.303. The summed E-state index contributed by atoms with van der Waals surface area (Å²) in [6.07, 6.45) is 0.613. The summed E-state index contributed by atoms with van der Waals surface area (Å²) in [5.41, 5.74) is 1.07. The average Bonchev–Trinajstić information content (AvgIpc) is 2.38. The highest BCUT2D eigenvalue weighted by atomic mass is 16.5. The largest absolute Gasteiger partial charge is 0.494 e. The molecule has 1 rings (SSSR count). The molecule has 0 amide bonds. The number of likely N-dealkylation sites (N-methyl/N-ethyl adjacent to an activating group) is 1. The van der Waals surface area contributed by atoms with Crippen LogP contribution in [0.1, 0.15) is 19.4 Å². The Balaban J connectivity index is 2.61. The molecule has 1 atom stereocenters. The van der Waals surface area contributed by atoms with Crippen molar-refractivity contribution in [2.45, 2.75) is 26.3 Å². The van der Waals surface area contributed by atoms with Crippen molar-refractivity contribution in [3.8, 4) is 5.75 Å². The van der Waals surface area contributed by atoms with Crippen LogP contribution in [0.15, 0.2) is 24.3 Å². The summed E-state index contributed by atoms with van der Waals surface area (Å²) >= 11 is 0. The van der Waals surface area contributed by atoms with Gasteiger partial charge in [-0.1, -0.05) is 12.1 Å². The fraction of sp³-hybridized carbons (Fsp3) is 0.500. The van der Waals surface area contributed by atoms with Gasteiger partial charge in [0.15, 0.2) is 0 Å². The smallest absolute Gasteiger partial charge is 0.323 e. The third-order valence-electron chi connectivity index (χ3n) is 2.59. The van der Waals surface area contributed by atoms with Gasteiger partial charge in [-0.05, 0) is 45.0 Å². The molecule has 0 aromatic heterocycles. The number of esters is 1. The van der Waals surface area contributed by atoms with E-state index in [1.54, 1.807) is 7.05 Å². The molecule has 18 heavy (non-hydrogen) atoms. The summed E-state index contributed by atoms with van der Waals surface area (Å²) in [4.78, 5) is 11.6. The van der Waals surface area contributed by atoms with Crippen LogP contribution in [0.25, 0.3) is 0 Å². The topological polar surface area (TPSA) is 47.6 Å². The number of rotatable bonds is 7. The summed E-state index contributed by atoms with van der Waals surface area (Å²) in [5, 5.41) is 2.97. The number of nitrogens with one attached hydrogen (secondary N) is 1.